The predicted molar refractivity (Wildman–Crippen MR) is 114 cm³/mol. The van der Waals surface area contributed by atoms with Gasteiger partial charge in [0.1, 0.15) is 5.75 Å². The highest BCUT2D eigenvalue weighted by molar-refractivity contribution is 5.73. The molecule has 2 aromatic heterocycles. The van der Waals surface area contributed by atoms with Crippen LogP contribution in [0.25, 0.3) is 5.82 Å². The second-order valence-electron chi connectivity index (χ2n) is 7.53. The summed E-state index contributed by atoms with van der Waals surface area (Å²) in [7, 11) is 0. The molecule has 1 aliphatic rings. The fraction of sp³-hybridized carbons (Fsp3) is 0.348. The van der Waals surface area contributed by atoms with Gasteiger partial charge in [0.15, 0.2) is 5.82 Å². The number of pyridine rings is 1. The van der Waals surface area contributed by atoms with E-state index in [1.807, 2.05) is 48.7 Å². The molecule has 3 aromatic rings. The van der Waals surface area contributed by atoms with Crippen LogP contribution in [0.15, 0.2) is 61.1 Å². The lowest BCUT2D eigenvalue weighted by Gasteiger charge is -2.23. The van der Waals surface area contributed by atoms with Crippen LogP contribution in [0.4, 0.5) is 4.79 Å². The maximum atomic E-state index is 12.2. The molecule has 1 fully saturated rings. The highest BCUT2D eigenvalue weighted by Gasteiger charge is 2.14. The highest BCUT2D eigenvalue weighted by atomic mass is 16.5. The van der Waals surface area contributed by atoms with Crippen molar-refractivity contribution in [1.29, 1.82) is 0 Å². The summed E-state index contributed by atoms with van der Waals surface area (Å²) < 4.78 is 7.80. The summed E-state index contributed by atoms with van der Waals surface area (Å²) in [6.45, 7) is 0.857. The number of ether oxygens (including phenoxy) is 1. The van der Waals surface area contributed by atoms with E-state index in [2.05, 4.69) is 20.7 Å². The number of carbonyl (C=O) groups is 1. The lowest BCUT2D eigenvalue weighted by Crippen LogP contribution is -2.34. The molecule has 0 spiro atoms. The minimum absolute atomic E-state index is 0.217. The number of nitrogens with zero attached hydrogens (tertiary/aromatic N) is 3. The zero-order valence-corrected chi connectivity index (χ0v) is 17.0. The number of amides is 2. The molecule has 0 bridgehead atoms. The Morgan fingerprint density at radius 1 is 1.00 bits per heavy atom. The van der Waals surface area contributed by atoms with E-state index in [9.17, 15) is 4.79 Å². The molecule has 30 heavy (non-hydrogen) atoms. The molecule has 7 heteroatoms. The van der Waals surface area contributed by atoms with Crippen LogP contribution in [0.2, 0.25) is 0 Å². The summed E-state index contributed by atoms with van der Waals surface area (Å²) in [6, 6.07) is 13.4. The zero-order valence-electron chi connectivity index (χ0n) is 17.0. The van der Waals surface area contributed by atoms with Gasteiger partial charge in [-0.15, -0.1) is 0 Å². The van der Waals surface area contributed by atoms with Gasteiger partial charge in [0.25, 0.3) is 0 Å². The number of aromatic nitrogens is 3. The summed E-state index contributed by atoms with van der Waals surface area (Å²) in [5.41, 5.74) is 1.97. The number of carbonyl (C=O) groups excluding carboxylic acids is 1. The topological polar surface area (TPSA) is 81.1 Å². The van der Waals surface area contributed by atoms with E-state index in [-0.39, 0.29) is 6.03 Å². The van der Waals surface area contributed by atoms with Crippen molar-refractivity contribution < 1.29 is 9.53 Å². The van der Waals surface area contributed by atoms with Crippen molar-refractivity contribution in [1.82, 2.24) is 25.4 Å². The quantitative estimate of drug-likeness (QED) is 0.623. The maximum absolute atomic E-state index is 12.2. The standard InChI is InChI=1S/C23H27N5O2/c29-23(26-17-19-10-12-24-22(15-19)28-13-5-11-27-28)25-16-18-6-4-9-21(14-18)30-20-7-2-1-3-8-20/h4-6,9-15,20H,1-3,7-8,16-17H2,(H2,25,26,29). The van der Waals surface area contributed by atoms with Crippen molar-refractivity contribution in [2.24, 2.45) is 0 Å². The fourth-order valence-electron chi connectivity index (χ4n) is 3.63. The first-order chi connectivity index (χ1) is 14.8. The van der Waals surface area contributed by atoms with Crippen molar-refractivity contribution in [3.63, 3.8) is 0 Å². The minimum atomic E-state index is -0.217. The maximum Gasteiger partial charge on any atom is 0.315 e. The summed E-state index contributed by atoms with van der Waals surface area (Å²) in [6.07, 6.45) is 11.6. The van der Waals surface area contributed by atoms with Crippen LogP contribution in [-0.4, -0.2) is 26.9 Å². The Balaban J connectivity index is 1.25. The van der Waals surface area contributed by atoms with Crippen LogP contribution in [0.5, 0.6) is 5.75 Å². The predicted octanol–water partition coefficient (Wildman–Crippen LogP) is 3.98. The number of hydrogen-bond acceptors (Lipinski definition) is 4. The monoisotopic (exact) mass is 405 g/mol. The molecular weight excluding hydrogens is 378 g/mol. The van der Waals surface area contributed by atoms with Crippen LogP contribution in [0.3, 0.4) is 0 Å². The first-order valence-corrected chi connectivity index (χ1v) is 10.5. The molecule has 1 aliphatic carbocycles. The molecule has 1 aromatic carbocycles. The Morgan fingerprint density at radius 3 is 2.57 bits per heavy atom. The summed E-state index contributed by atoms with van der Waals surface area (Å²) in [5.74, 6) is 1.60. The van der Waals surface area contributed by atoms with Crippen molar-refractivity contribution in [3.05, 3.63) is 72.2 Å². The summed E-state index contributed by atoms with van der Waals surface area (Å²) in [4.78, 5) is 16.5. The number of rotatable bonds is 7. The van der Waals surface area contributed by atoms with E-state index in [4.69, 9.17) is 4.74 Å². The largest absolute Gasteiger partial charge is 0.490 e. The van der Waals surface area contributed by atoms with E-state index >= 15 is 0 Å². The highest BCUT2D eigenvalue weighted by Crippen LogP contribution is 2.23. The molecule has 0 saturated heterocycles. The van der Waals surface area contributed by atoms with Gasteiger partial charge in [-0.2, -0.15) is 5.10 Å². The van der Waals surface area contributed by atoms with Crippen molar-refractivity contribution in [2.45, 2.75) is 51.3 Å². The Morgan fingerprint density at radius 2 is 1.80 bits per heavy atom. The summed E-state index contributed by atoms with van der Waals surface area (Å²) >= 11 is 0. The molecule has 1 saturated carbocycles. The number of hydrogen-bond donors (Lipinski definition) is 2. The molecule has 156 valence electrons. The molecule has 2 heterocycles. The molecule has 2 amide bonds. The molecule has 0 unspecified atom stereocenters. The molecule has 0 atom stereocenters. The van der Waals surface area contributed by atoms with E-state index < -0.39 is 0 Å². The zero-order chi connectivity index (χ0) is 20.6. The van der Waals surface area contributed by atoms with Gasteiger partial charge in [-0.1, -0.05) is 18.6 Å². The number of nitrogens with one attached hydrogen (secondary N) is 2. The first kappa shape index (κ1) is 19.9. The van der Waals surface area contributed by atoms with Crippen LogP contribution in [-0.2, 0) is 13.1 Å². The van der Waals surface area contributed by atoms with E-state index in [0.29, 0.717) is 19.2 Å². The average Bonchev–Trinajstić information content (AvgIpc) is 3.33. The van der Waals surface area contributed by atoms with Gasteiger partial charge in [-0.05, 0) is 67.1 Å². The molecule has 7 nitrogen and oxygen atoms in total. The van der Waals surface area contributed by atoms with Gasteiger partial charge in [0.2, 0.25) is 0 Å². The Hall–Kier alpha value is -3.35. The average molecular weight is 406 g/mol. The Kier molecular flexibility index (Phi) is 6.59. The van der Waals surface area contributed by atoms with Gasteiger partial charge < -0.3 is 15.4 Å². The van der Waals surface area contributed by atoms with E-state index in [1.54, 1.807) is 17.1 Å². The first-order valence-electron chi connectivity index (χ1n) is 10.5. The van der Waals surface area contributed by atoms with Gasteiger partial charge in [0.05, 0.1) is 6.10 Å². The van der Waals surface area contributed by atoms with Gasteiger partial charge >= 0.3 is 6.03 Å². The van der Waals surface area contributed by atoms with Crippen molar-refractivity contribution >= 4 is 6.03 Å². The third-order valence-corrected chi connectivity index (χ3v) is 5.21. The molecule has 4 rings (SSSR count). The third kappa shape index (κ3) is 5.59. The smallest absolute Gasteiger partial charge is 0.315 e. The van der Waals surface area contributed by atoms with Crippen molar-refractivity contribution in [3.8, 4) is 11.6 Å². The van der Waals surface area contributed by atoms with Crippen molar-refractivity contribution in [2.75, 3.05) is 0 Å². The SMILES string of the molecule is O=C(NCc1cccc(OC2CCCCC2)c1)NCc1ccnc(-n2cccn2)c1. The minimum Gasteiger partial charge on any atom is -0.490 e. The van der Waals surface area contributed by atoms with Crippen LogP contribution in [0, 0.1) is 0 Å². The van der Waals surface area contributed by atoms with Gasteiger partial charge in [-0.3, -0.25) is 0 Å². The summed E-state index contributed by atoms with van der Waals surface area (Å²) in [5, 5.41) is 9.96. The number of urea groups is 1. The Bertz CT molecular complexity index is 952. The van der Waals surface area contributed by atoms with Crippen LogP contribution >= 0.6 is 0 Å². The van der Waals surface area contributed by atoms with Gasteiger partial charge in [-0.25, -0.2) is 14.5 Å². The van der Waals surface area contributed by atoms with Gasteiger partial charge in [0, 0.05) is 31.7 Å². The molecular formula is C23H27N5O2. The lowest BCUT2D eigenvalue weighted by atomic mass is 9.98. The second-order valence-corrected chi connectivity index (χ2v) is 7.53. The molecule has 0 radical (unpaired) electrons. The van der Waals surface area contributed by atoms with E-state index in [0.717, 1.165) is 35.5 Å². The Labute approximate surface area is 176 Å². The molecule has 0 aliphatic heterocycles. The molecule has 2 N–H and O–H groups in total. The van der Waals surface area contributed by atoms with Crippen LogP contribution in [0.1, 0.15) is 43.2 Å². The fourth-order valence-corrected chi connectivity index (χ4v) is 3.63. The normalized spacial score (nSPS) is 14.3. The second kappa shape index (κ2) is 9.91. The third-order valence-electron chi connectivity index (χ3n) is 5.21. The van der Waals surface area contributed by atoms with E-state index in [1.165, 1.54) is 19.3 Å². The number of benzene rings is 1. The lowest BCUT2D eigenvalue weighted by molar-refractivity contribution is 0.155. The van der Waals surface area contributed by atoms with Crippen LogP contribution < -0.4 is 15.4 Å².